The van der Waals surface area contributed by atoms with Gasteiger partial charge in [-0.2, -0.15) is 0 Å². The summed E-state index contributed by atoms with van der Waals surface area (Å²) >= 11 is 0. The summed E-state index contributed by atoms with van der Waals surface area (Å²) in [6.45, 7) is 3.63. The van der Waals surface area contributed by atoms with Gasteiger partial charge in [0.2, 0.25) is 0 Å². The summed E-state index contributed by atoms with van der Waals surface area (Å²) in [5.41, 5.74) is 6.93. The van der Waals surface area contributed by atoms with Gasteiger partial charge in [0.25, 0.3) is 0 Å². The van der Waals surface area contributed by atoms with Crippen molar-refractivity contribution in [1.82, 2.24) is 0 Å². The zero-order chi connectivity index (χ0) is 9.84. The van der Waals surface area contributed by atoms with E-state index in [2.05, 4.69) is 6.08 Å². The highest BCUT2D eigenvalue weighted by molar-refractivity contribution is 5.80. The van der Waals surface area contributed by atoms with E-state index in [1.54, 1.807) is 6.92 Å². The van der Waals surface area contributed by atoms with Crippen LogP contribution in [0.4, 0.5) is 0 Å². The molecule has 0 radical (unpaired) electrons. The maximum Gasteiger partial charge on any atom is 0.136 e. The highest BCUT2D eigenvalue weighted by Gasteiger charge is 2.12. The number of ketones is 1. The first-order chi connectivity index (χ1) is 6.09. The Bertz CT molecular complexity index is 251. The van der Waals surface area contributed by atoms with Crippen LogP contribution in [-0.2, 0) is 4.79 Å². The van der Waals surface area contributed by atoms with Crippen LogP contribution in [0.2, 0.25) is 0 Å². The maximum atomic E-state index is 11.0. The Morgan fingerprint density at radius 3 is 2.85 bits per heavy atom. The van der Waals surface area contributed by atoms with Crippen molar-refractivity contribution in [2.24, 2.45) is 11.7 Å². The van der Waals surface area contributed by atoms with Crippen molar-refractivity contribution >= 4 is 5.78 Å². The summed E-state index contributed by atoms with van der Waals surface area (Å²) in [6, 6.07) is 0.199. The summed E-state index contributed by atoms with van der Waals surface area (Å²) in [5, 5.41) is 0. The maximum absolute atomic E-state index is 11.0. The van der Waals surface area contributed by atoms with E-state index in [1.807, 2.05) is 19.1 Å². The van der Waals surface area contributed by atoms with Crippen LogP contribution in [0.3, 0.4) is 0 Å². The monoisotopic (exact) mass is 179 g/mol. The molecule has 0 saturated heterocycles. The normalized spacial score (nSPS) is 23.9. The van der Waals surface area contributed by atoms with E-state index in [4.69, 9.17) is 5.73 Å². The molecule has 13 heavy (non-hydrogen) atoms. The molecule has 0 aromatic rings. The topological polar surface area (TPSA) is 43.1 Å². The summed E-state index contributed by atoms with van der Waals surface area (Å²) in [7, 11) is 0. The molecule has 2 N–H and O–H groups in total. The van der Waals surface area contributed by atoms with Crippen LogP contribution in [0.15, 0.2) is 23.8 Å². The minimum atomic E-state index is 0.0943. The van der Waals surface area contributed by atoms with Gasteiger partial charge in [-0.1, -0.05) is 23.8 Å². The Labute approximate surface area is 79.5 Å². The molecule has 1 rings (SSSR count). The number of hydrogen-bond donors (Lipinski definition) is 1. The van der Waals surface area contributed by atoms with Gasteiger partial charge in [0.1, 0.15) is 5.78 Å². The number of carbonyl (C=O) groups excluding carboxylic acids is 1. The highest BCUT2D eigenvalue weighted by Crippen LogP contribution is 2.19. The van der Waals surface area contributed by atoms with Crippen molar-refractivity contribution < 1.29 is 4.79 Å². The van der Waals surface area contributed by atoms with Crippen LogP contribution in [0.1, 0.15) is 26.7 Å². The molecule has 2 heteroatoms. The lowest BCUT2D eigenvalue weighted by atomic mass is 9.92. The first-order valence-corrected chi connectivity index (χ1v) is 4.73. The van der Waals surface area contributed by atoms with Gasteiger partial charge < -0.3 is 5.73 Å². The van der Waals surface area contributed by atoms with Gasteiger partial charge in [0, 0.05) is 12.0 Å². The quantitative estimate of drug-likeness (QED) is 0.718. The summed E-state index contributed by atoms with van der Waals surface area (Å²) in [6.07, 6.45) is 7.88. The molecule has 0 aromatic carbocycles. The van der Waals surface area contributed by atoms with Crippen LogP contribution in [-0.4, -0.2) is 11.8 Å². The van der Waals surface area contributed by atoms with E-state index in [-0.39, 0.29) is 17.7 Å². The van der Waals surface area contributed by atoms with E-state index < -0.39 is 0 Å². The highest BCUT2D eigenvalue weighted by atomic mass is 16.1. The summed E-state index contributed by atoms with van der Waals surface area (Å²) in [5.74, 6) is 0.337. The van der Waals surface area contributed by atoms with Crippen LogP contribution in [0.25, 0.3) is 0 Å². The fourth-order valence-electron chi connectivity index (χ4n) is 1.49. The average Bonchev–Trinajstić information content (AvgIpc) is 2.04. The van der Waals surface area contributed by atoms with Crippen molar-refractivity contribution in [2.45, 2.75) is 32.7 Å². The molecule has 0 spiro atoms. The van der Waals surface area contributed by atoms with Gasteiger partial charge in [0.15, 0.2) is 0 Å². The molecule has 1 unspecified atom stereocenters. The number of allylic oxidation sites excluding steroid dienone is 3. The number of Topliss-reactive ketones (excluding diaryl/α,β-unsaturated/α-hetero) is 1. The molecular weight excluding hydrogens is 162 g/mol. The van der Waals surface area contributed by atoms with Gasteiger partial charge in [0.05, 0.1) is 0 Å². The number of nitrogens with two attached hydrogens (primary N) is 1. The van der Waals surface area contributed by atoms with Crippen LogP contribution >= 0.6 is 0 Å². The van der Waals surface area contributed by atoms with Crippen molar-refractivity contribution in [1.29, 1.82) is 0 Å². The van der Waals surface area contributed by atoms with Gasteiger partial charge in [-0.25, -0.2) is 0 Å². The predicted molar refractivity (Wildman–Crippen MR) is 54.3 cm³/mol. The molecule has 0 saturated carbocycles. The van der Waals surface area contributed by atoms with E-state index in [9.17, 15) is 4.79 Å². The Morgan fingerprint density at radius 2 is 2.46 bits per heavy atom. The third-order valence-electron chi connectivity index (χ3n) is 2.26. The second kappa shape index (κ2) is 4.38. The third kappa shape index (κ3) is 3.15. The lowest BCUT2D eigenvalue weighted by Crippen LogP contribution is -2.16. The third-order valence-corrected chi connectivity index (χ3v) is 2.26. The second-order valence-corrected chi connectivity index (χ2v) is 3.77. The standard InChI is InChI=1S/C11H17NO/c1-8(12)7-10-3-5-11(6-4-10)9(2)13/h3-5,8,11H,6-7,12H2,1-2H3/t8-,11?/m0/s1. The van der Waals surface area contributed by atoms with Crippen LogP contribution in [0.5, 0.6) is 0 Å². The second-order valence-electron chi connectivity index (χ2n) is 3.77. The molecule has 1 aliphatic carbocycles. The zero-order valence-electron chi connectivity index (χ0n) is 8.29. The number of carbonyl (C=O) groups is 1. The molecule has 0 amide bonds. The van der Waals surface area contributed by atoms with Gasteiger partial charge in [-0.3, -0.25) is 4.79 Å². The molecule has 0 heterocycles. The molecule has 0 aliphatic heterocycles. The lowest BCUT2D eigenvalue weighted by molar-refractivity contribution is -0.119. The van der Waals surface area contributed by atoms with Crippen molar-refractivity contribution in [3.63, 3.8) is 0 Å². The fourth-order valence-corrected chi connectivity index (χ4v) is 1.49. The zero-order valence-corrected chi connectivity index (χ0v) is 8.29. The Morgan fingerprint density at radius 1 is 1.77 bits per heavy atom. The van der Waals surface area contributed by atoms with Gasteiger partial charge in [-0.15, -0.1) is 0 Å². The van der Waals surface area contributed by atoms with E-state index >= 15 is 0 Å². The minimum absolute atomic E-state index is 0.0943. The summed E-state index contributed by atoms with van der Waals surface area (Å²) < 4.78 is 0. The Kier molecular flexibility index (Phi) is 3.43. The van der Waals surface area contributed by atoms with Gasteiger partial charge in [-0.05, 0) is 26.7 Å². The van der Waals surface area contributed by atoms with E-state index in [0.717, 1.165) is 12.8 Å². The first kappa shape index (κ1) is 10.2. The first-order valence-electron chi connectivity index (χ1n) is 4.73. The Hall–Kier alpha value is -0.890. The lowest BCUT2D eigenvalue weighted by Gasteiger charge is -2.14. The number of rotatable bonds is 3. The van der Waals surface area contributed by atoms with Gasteiger partial charge >= 0.3 is 0 Å². The average molecular weight is 179 g/mol. The van der Waals surface area contributed by atoms with Crippen molar-refractivity contribution in [3.8, 4) is 0 Å². The summed E-state index contributed by atoms with van der Waals surface area (Å²) in [4.78, 5) is 11.0. The number of hydrogen-bond acceptors (Lipinski definition) is 2. The van der Waals surface area contributed by atoms with Crippen LogP contribution < -0.4 is 5.73 Å². The van der Waals surface area contributed by atoms with Crippen LogP contribution in [0, 0.1) is 5.92 Å². The SMILES string of the molecule is CC(=O)C1C=CC(C[C@H](C)N)=CC1. The molecular formula is C11H17NO. The van der Waals surface area contributed by atoms with E-state index in [1.165, 1.54) is 5.57 Å². The predicted octanol–water partition coefficient (Wildman–Crippen LogP) is 1.82. The molecule has 2 nitrogen and oxygen atoms in total. The Balaban J connectivity index is 2.50. The molecule has 2 atom stereocenters. The molecule has 72 valence electrons. The fraction of sp³-hybridized carbons (Fsp3) is 0.545. The molecule has 0 fully saturated rings. The smallest absolute Gasteiger partial charge is 0.136 e. The minimum Gasteiger partial charge on any atom is -0.328 e. The molecule has 1 aliphatic rings. The molecule has 0 aromatic heterocycles. The van der Waals surface area contributed by atoms with Crippen molar-refractivity contribution in [2.75, 3.05) is 0 Å². The van der Waals surface area contributed by atoms with Crippen molar-refractivity contribution in [3.05, 3.63) is 23.8 Å². The largest absolute Gasteiger partial charge is 0.328 e. The van der Waals surface area contributed by atoms with E-state index in [0.29, 0.717) is 0 Å². The molecule has 0 bridgehead atoms.